The Morgan fingerprint density at radius 3 is 2.72 bits per heavy atom. The van der Waals surface area contributed by atoms with Crippen molar-refractivity contribution >= 4 is 46.0 Å². The second-order valence-electron chi connectivity index (χ2n) is 8.68. The molecule has 2 aliphatic heterocycles. The normalized spacial score (nSPS) is 20.5. The van der Waals surface area contributed by atoms with Crippen LogP contribution >= 0.6 is 23.4 Å². The maximum Gasteiger partial charge on any atom is 0.270 e. The fraction of sp³-hybridized carbons (Fsp3) is 0.476. The second kappa shape index (κ2) is 7.95. The van der Waals surface area contributed by atoms with Gasteiger partial charge in [0.2, 0.25) is 5.95 Å². The van der Waals surface area contributed by atoms with Gasteiger partial charge in [-0.1, -0.05) is 23.4 Å². The van der Waals surface area contributed by atoms with E-state index >= 15 is 0 Å². The highest BCUT2D eigenvalue weighted by atomic mass is 35.5. The van der Waals surface area contributed by atoms with Crippen molar-refractivity contribution in [3.63, 3.8) is 0 Å². The van der Waals surface area contributed by atoms with E-state index in [-0.39, 0.29) is 22.8 Å². The number of piperidine rings is 1. The molecule has 3 aromatic rings. The van der Waals surface area contributed by atoms with Crippen LogP contribution < -0.4 is 21.9 Å². The number of nitrogens with two attached hydrogens (primary N) is 2. The molecule has 2 fully saturated rings. The van der Waals surface area contributed by atoms with Crippen molar-refractivity contribution in [2.45, 2.75) is 28.7 Å². The standard InChI is InChI=1S/C21H26ClN7O2S/c1-27-9-12-13(26-27)3-4-14(16(12)22)32-17-18(24)25-20(28(2)19(17)30)29-7-5-21(6-8-29)11-31-10-15(21)23/h3-4,9,15H,5-8,10-11,23-24H2,1-2H3/t15-/m1/s1. The molecule has 9 nitrogen and oxygen atoms in total. The number of fused-ring (bicyclic) bond motifs is 1. The molecule has 0 saturated carbocycles. The monoisotopic (exact) mass is 475 g/mol. The molecule has 0 amide bonds. The largest absolute Gasteiger partial charge is 0.382 e. The van der Waals surface area contributed by atoms with Crippen LogP contribution in [-0.2, 0) is 18.8 Å². The molecule has 32 heavy (non-hydrogen) atoms. The van der Waals surface area contributed by atoms with E-state index in [0.717, 1.165) is 41.7 Å². The Kier molecular flexibility index (Phi) is 5.36. The lowest BCUT2D eigenvalue weighted by Gasteiger charge is -2.41. The molecule has 5 rings (SSSR count). The Hall–Kier alpha value is -2.27. The number of hydrogen-bond donors (Lipinski definition) is 2. The number of nitrogen functional groups attached to an aromatic ring is 1. The summed E-state index contributed by atoms with van der Waals surface area (Å²) in [6, 6.07) is 3.80. The number of hydrogen-bond acceptors (Lipinski definition) is 8. The Morgan fingerprint density at radius 2 is 2.03 bits per heavy atom. The number of benzene rings is 1. The van der Waals surface area contributed by atoms with E-state index in [0.29, 0.717) is 29.1 Å². The summed E-state index contributed by atoms with van der Waals surface area (Å²) in [6.45, 7) is 2.83. The molecule has 2 aromatic heterocycles. The SMILES string of the molecule is Cn1cc2c(Cl)c(Sc3c(N)nc(N4CCC5(CC4)COC[C@H]5N)n(C)c3=O)ccc2n1. The molecule has 1 aromatic carbocycles. The van der Waals surface area contributed by atoms with Crippen molar-refractivity contribution in [1.29, 1.82) is 0 Å². The van der Waals surface area contributed by atoms with Gasteiger partial charge < -0.3 is 21.1 Å². The van der Waals surface area contributed by atoms with Crippen molar-refractivity contribution in [1.82, 2.24) is 19.3 Å². The van der Waals surface area contributed by atoms with Gasteiger partial charge in [-0.2, -0.15) is 10.1 Å². The van der Waals surface area contributed by atoms with Crippen LogP contribution in [0.2, 0.25) is 5.02 Å². The minimum atomic E-state index is -0.193. The van der Waals surface area contributed by atoms with E-state index in [2.05, 4.69) is 15.0 Å². The van der Waals surface area contributed by atoms with Crippen LogP contribution in [0.1, 0.15) is 12.8 Å². The molecular formula is C21H26ClN7O2S. The van der Waals surface area contributed by atoms with Crippen molar-refractivity contribution in [3.05, 3.63) is 33.7 Å². The first-order valence-electron chi connectivity index (χ1n) is 10.5. The number of halogens is 1. The van der Waals surface area contributed by atoms with Crippen molar-refractivity contribution in [2.75, 3.05) is 36.9 Å². The van der Waals surface area contributed by atoms with Crippen LogP contribution in [0, 0.1) is 5.41 Å². The van der Waals surface area contributed by atoms with E-state index in [4.69, 9.17) is 27.8 Å². The molecule has 0 aliphatic carbocycles. The van der Waals surface area contributed by atoms with Crippen LogP contribution in [0.5, 0.6) is 0 Å². The zero-order chi connectivity index (χ0) is 22.6. The first kappa shape index (κ1) is 21.6. The predicted octanol–water partition coefficient (Wildman–Crippen LogP) is 2.00. The molecule has 1 atom stereocenters. The minimum absolute atomic E-state index is 0.0262. The van der Waals surface area contributed by atoms with Crippen molar-refractivity contribution in [3.8, 4) is 0 Å². The second-order valence-corrected chi connectivity index (χ2v) is 10.1. The summed E-state index contributed by atoms with van der Waals surface area (Å²) < 4.78 is 8.89. The molecule has 0 unspecified atom stereocenters. The summed E-state index contributed by atoms with van der Waals surface area (Å²) in [6.07, 6.45) is 3.66. The highest BCUT2D eigenvalue weighted by molar-refractivity contribution is 7.99. The van der Waals surface area contributed by atoms with Gasteiger partial charge in [-0.3, -0.25) is 14.0 Å². The third-order valence-electron chi connectivity index (χ3n) is 6.68. The lowest BCUT2D eigenvalue weighted by molar-refractivity contribution is 0.131. The quantitative estimate of drug-likeness (QED) is 0.590. The number of nitrogens with zero attached hydrogens (tertiary/aromatic N) is 5. The van der Waals surface area contributed by atoms with E-state index in [1.807, 2.05) is 25.4 Å². The Bertz CT molecular complexity index is 1250. The fourth-order valence-corrected chi connectivity index (χ4v) is 5.91. The number of anilines is 2. The lowest BCUT2D eigenvalue weighted by atomic mass is 9.75. The first-order valence-corrected chi connectivity index (χ1v) is 11.7. The summed E-state index contributed by atoms with van der Waals surface area (Å²) >= 11 is 7.84. The fourth-order valence-electron chi connectivity index (χ4n) is 4.65. The zero-order valence-electron chi connectivity index (χ0n) is 18.0. The minimum Gasteiger partial charge on any atom is -0.382 e. The number of ether oxygens (including phenoxy) is 1. The summed E-state index contributed by atoms with van der Waals surface area (Å²) in [5, 5.41) is 5.74. The summed E-state index contributed by atoms with van der Waals surface area (Å²) in [4.78, 5) is 21.0. The maximum absolute atomic E-state index is 13.2. The van der Waals surface area contributed by atoms with Gasteiger partial charge in [0.25, 0.3) is 5.56 Å². The van der Waals surface area contributed by atoms with Crippen LogP contribution in [0.15, 0.2) is 32.9 Å². The first-order chi connectivity index (χ1) is 15.3. The van der Waals surface area contributed by atoms with Gasteiger partial charge in [-0.25, -0.2) is 0 Å². The summed E-state index contributed by atoms with van der Waals surface area (Å²) in [7, 11) is 3.57. The molecule has 0 bridgehead atoms. The van der Waals surface area contributed by atoms with E-state index in [1.165, 1.54) is 11.8 Å². The highest BCUT2D eigenvalue weighted by Gasteiger charge is 2.44. The van der Waals surface area contributed by atoms with Gasteiger partial charge in [-0.15, -0.1) is 0 Å². The van der Waals surface area contributed by atoms with Crippen molar-refractivity contribution < 1.29 is 4.74 Å². The molecule has 4 heterocycles. The van der Waals surface area contributed by atoms with E-state index < -0.39 is 0 Å². The molecule has 4 N–H and O–H groups in total. The van der Waals surface area contributed by atoms with Gasteiger partial charge in [-0.05, 0) is 25.0 Å². The maximum atomic E-state index is 13.2. The zero-order valence-corrected chi connectivity index (χ0v) is 19.6. The van der Waals surface area contributed by atoms with Crippen LogP contribution in [0.25, 0.3) is 10.9 Å². The number of aryl methyl sites for hydroxylation is 1. The molecule has 2 saturated heterocycles. The molecule has 0 radical (unpaired) electrons. The summed E-state index contributed by atoms with van der Waals surface area (Å²) in [5.74, 6) is 0.782. The Morgan fingerprint density at radius 1 is 1.28 bits per heavy atom. The Labute approximate surface area is 194 Å². The average Bonchev–Trinajstić information content (AvgIpc) is 3.33. The van der Waals surface area contributed by atoms with E-state index in [9.17, 15) is 4.79 Å². The summed E-state index contributed by atoms with van der Waals surface area (Å²) in [5.41, 5.74) is 13.2. The van der Waals surface area contributed by atoms with Gasteiger partial charge in [0, 0.05) is 55.1 Å². The molecule has 11 heteroatoms. The van der Waals surface area contributed by atoms with Gasteiger partial charge in [0.05, 0.1) is 23.8 Å². The molecular weight excluding hydrogens is 450 g/mol. The number of rotatable bonds is 3. The highest BCUT2D eigenvalue weighted by Crippen LogP contribution is 2.40. The van der Waals surface area contributed by atoms with Crippen LogP contribution in [0.3, 0.4) is 0 Å². The van der Waals surface area contributed by atoms with E-state index in [1.54, 1.807) is 16.3 Å². The van der Waals surface area contributed by atoms with Crippen LogP contribution in [0.4, 0.5) is 11.8 Å². The van der Waals surface area contributed by atoms with Crippen molar-refractivity contribution in [2.24, 2.45) is 25.2 Å². The third kappa shape index (κ3) is 3.45. The van der Waals surface area contributed by atoms with Gasteiger partial charge >= 0.3 is 0 Å². The average molecular weight is 476 g/mol. The van der Waals surface area contributed by atoms with Gasteiger partial charge in [0.1, 0.15) is 10.7 Å². The topological polar surface area (TPSA) is 117 Å². The third-order valence-corrected chi connectivity index (χ3v) is 8.35. The molecule has 170 valence electrons. The molecule has 2 aliphatic rings. The van der Waals surface area contributed by atoms with Crippen LogP contribution in [-0.4, -0.2) is 51.7 Å². The molecule has 1 spiro atoms. The van der Waals surface area contributed by atoms with Gasteiger partial charge in [0.15, 0.2) is 0 Å². The Balaban J connectivity index is 1.42. The smallest absolute Gasteiger partial charge is 0.270 e. The predicted molar refractivity (Wildman–Crippen MR) is 126 cm³/mol. The number of aromatic nitrogens is 4. The lowest BCUT2D eigenvalue weighted by Crippen LogP contribution is -2.50.